The SMILES string of the molecule is OCCC(Nc1ccnc2ccncc12)C1CCCCC1. The number of anilines is 1. The van der Waals surface area contributed by atoms with Gasteiger partial charge in [-0.05, 0) is 37.3 Å². The molecule has 2 heterocycles. The topological polar surface area (TPSA) is 58.0 Å². The quantitative estimate of drug-likeness (QED) is 0.884. The summed E-state index contributed by atoms with van der Waals surface area (Å²) in [5, 5.41) is 14.1. The van der Waals surface area contributed by atoms with Crippen molar-refractivity contribution in [3.05, 3.63) is 30.7 Å². The zero-order valence-electron chi connectivity index (χ0n) is 12.3. The van der Waals surface area contributed by atoms with Crippen molar-refractivity contribution < 1.29 is 5.11 Å². The molecule has 2 aromatic heterocycles. The monoisotopic (exact) mass is 285 g/mol. The summed E-state index contributed by atoms with van der Waals surface area (Å²) in [7, 11) is 0. The van der Waals surface area contributed by atoms with Crippen LogP contribution in [0.15, 0.2) is 30.7 Å². The maximum Gasteiger partial charge on any atom is 0.0753 e. The van der Waals surface area contributed by atoms with Gasteiger partial charge in [-0.1, -0.05) is 19.3 Å². The second kappa shape index (κ2) is 6.85. The fourth-order valence-corrected chi connectivity index (χ4v) is 3.42. The van der Waals surface area contributed by atoms with Crippen LogP contribution in [0.2, 0.25) is 0 Å². The highest BCUT2D eigenvalue weighted by Gasteiger charge is 2.23. The molecule has 0 radical (unpaired) electrons. The molecule has 0 spiro atoms. The lowest BCUT2D eigenvalue weighted by atomic mass is 9.82. The van der Waals surface area contributed by atoms with Crippen LogP contribution < -0.4 is 5.32 Å². The van der Waals surface area contributed by atoms with Gasteiger partial charge in [0.2, 0.25) is 0 Å². The number of aliphatic hydroxyl groups excluding tert-OH is 1. The largest absolute Gasteiger partial charge is 0.396 e. The predicted octanol–water partition coefficient (Wildman–Crippen LogP) is 3.37. The van der Waals surface area contributed by atoms with Crippen molar-refractivity contribution in [2.24, 2.45) is 5.92 Å². The Morgan fingerprint density at radius 2 is 2.05 bits per heavy atom. The molecule has 4 nitrogen and oxygen atoms in total. The van der Waals surface area contributed by atoms with Gasteiger partial charge in [0, 0.05) is 42.3 Å². The Morgan fingerprint density at radius 1 is 1.19 bits per heavy atom. The van der Waals surface area contributed by atoms with E-state index in [1.54, 1.807) is 6.20 Å². The smallest absolute Gasteiger partial charge is 0.0753 e. The Bertz CT molecular complexity index is 576. The number of rotatable bonds is 5. The Hall–Kier alpha value is -1.68. The van der Waals surface area contributed by atoms with Gasteiger partial charge in [0.25, 0.3) is 0 Å². The summed E-state index contributed by atoms with van der Waals surface area (Å²) < 4.78 is 0. The molecule has 0 saturated heterocycles. The molecule has 0 aliphatic heterocycles. The molecule has 1 aliphatic rings. The van der Waals surface area contributed by atoms with E-state index in [-0.39, 0.29) is 6.61 Å². The lowest BCUT2D eigenvalue weighted by Crippen LogP contribution is -2.31. The second-order valence-corrected chi connectivity index (χ2v) is 5.91. The molecule has 1 unspecified atom stereocenters. The zero-order chi connectivity index (χ0) is 14.5. The summed E-state index contributed by atoms with van der Waals surface area (Å²) in [4.78, 5) is 8.59. The van der Waals surface area contributed by atoms with Crippen molar-refractivity contribution >= 4 is 16.6 Å². The summed E-state index contributed by atoms with van der Waals surface area (Å²) in [6, 6.07) is 4.28. The summed E-state index contributed by atoms with van der Waals surface area (Å²) in [6.45, 7) is 0.232. The number of nitrogens with one attached hydrogen (secondary N) is 1. The molecular weight excluding hydrogens is 262 g/mol. The van der Waals surface area contributed by atoms with Gasteiger partial charge >= 0.3 is 0 Å². The number of hydrogen-bond acceptors (Lipinski definition) is 4. The molecule has 1 fully saturated rings. The number of aromatic nitrogens is 2. The van der Waals surface area contributed by atoms with Crippen LogP contribution in [0, 0.1) is 5.92 Å². The zero-order valence-corrected chi connectivity index (χ0v) is 12.3. The van der Waals surface area contributed by atoms with Gasteiger partial charge < -0.3 is 10.4 Å². The van der Waals surface area contributed by atoms with Crippen molar-refractivity contribution in [1.82, 2.24) is 9.97 Å². The molecule has 0 bridgehead atoms. The van der Waals surface area contributed by atoms with Crippen molar-refractivity contribution in [3.63, 3.8) is 0 Å². The standard InChI is InChI=1S/C17H23N3O/c21-11-8-15(13-4-2-1-3-5-13)20-17-7-10-19-16-6-9-18-12-14(16)17/h6-7,9-10,12-13,15,21H,1-5,8,11H2,(H,19,20). The van der Waals surface area contributed by atoms with E-state index >= 15 is 0 Å². The van der Waals surface area contributed by atoms with Gasteiger partial charge in [0.1, 0.15) is 0 Å². The van der Waals surface area contributed by atoms with E-state index < -0.39 is 0 Å². The molecule has 1 saturated carbocycles. The average Bonchev–Trinajstić information content (AvgIpc) is 2.55. The van der Waals surface area contributed by atoms with E-state index in [0.717, 1.165) is 23.0 Å². The maximum atomic E-state index is 9.39. The third kappa shape index (κ3) is 3.32. The van der Waals surface area contributed by atoms with Crippen LogP contribution in [0.5, 0.6) is 0 Å². The number of pyridine rings is 2. The lowest BCUT2D eigenvalue weighted by molar-refractivity contribution is 0.239. The summed E-state index contributed by atoms with van der Waals surface area (Å²) in [5.74, 6) is 0.658. The molecule has 21 heavy (non-hydrogen) atoms. The van der Waals surface area contributed by atoms with E-state index in [0.29, 0.717) is 12.0 Å². The van der Waals surface area contributed by atoms with Gasteiger partial charge in [-0.2, -0.15) is 0 Å². The van der Waals surface area contributed by atoms with E-state index in [1.165, 1.54) is 32.1 Å². The Kier molecular flexibility index (Phi) is 4.65. The molecular formula is C17H23N3O. The molecule has 1 aliphatic carbocycles. The van der Waals surface area contributed by atoms with Crippen LogP contribution in [0.4, 0.5) is 5.69 Å². The van der Waals surface area contributed by atoms with Gasteiger partial charge in [0.05, 0.1) is 5.52 Å². The Labute approximate surface area is 125 Å². The van der Waals surface area contributed by atoms with E-state index in [4.69, 9.17) is 0 Å². The molecule has 1 atom stereocenters. The van der Waals surface area contributed by atoms with E-state index in [1.807, 2.05) is 24.5 Å². The summed E-state index contributed by atoms with van der Waals surface area (Å²) >= 11 is 0. The van der Waals surface area contributed by atoms with Crippen LogP contribution in [-0.4, -0.2) is 27.7 Å². The summed E-state index contributed by atoms with van der Waals surface area (Å²) in [6.07, 6.45) is 12.8. The fraction of sp³-hybridized carbons (Fsp3) is 0.529. The minimum atomic E-state index is 0.232. The van der Waals surface area contributed by atoms with Gasteiger partial charge in [0.15, 0.2) is 0 Å². The van der Waals surface area contributed by atoms with Crippen molar-refractivity contribution in [2.75, 3.05) is 11.9 Å². The first-order valence-electron chi connectivity index (χ1n) is 7.94. The predicted molar refractivity (Wildman–Crippen MR) is 85.2 cm³/mol. The normalized spacial score (nSPS) is 17.8. The maximum absolute atomic E-state index is 9.39. The molecule has 2 N–H and O–H groups in total. The second-order valence-electron chi connectivity index (χ2n) is 5.91. The van der Waals surface area contributed by atoms with Crippen molar-refractivity contribution in [2.45, 2.75) is 44.6 Å². The van der Waals surface area contributed by atoms with Crippen LogP contribution in [0.3, 0.4) is 0 Å². The van der Waals surface area contributed by atoms with Gasteiger partial charge in [-0.15, -0.1) is 0 Å². The highest BCUT2D eigenvalue weighted by Crippen LogP contribution is 2.31. The van der Waals surface area contributed by atoms with Gasteiger partial charge in [-0.3, -0.25) is 9.97 Å². The third-order valence-electron chi connectivity index (χ3n) is 4.54. The van der Waals surface area contributed by atoms with E-state index in [9.17, 15) is 5.11 Å². The fourth-order valence-electron chi connectivity index (χ4n) is 3.42. The molecule has 0 aromatic carbocycles. The summed E-state index contributed by atoms with van der Waals surface area (Å²) in [5.41, 5.74) is 2.04. The van der Waals surface area contributed by atoms with Crippen LogP contribution >= 0.6 is 0 Å². The average molecular weight is 285 g/mol. The van der Waals surface area contributed by atoms with Gasteiger partial charge in [-0.25, -0.2) is 0 Å². The molecule has 2 aromatic rings. The minimum Gasteiger partial charge on any atom is -0.396 e. The van der Waals surface area contributed by atoms with Crippen molar-refractivity contribution in [3.8, 4) is 0 Å². The first kappa shape index (κ1) is 14.3. The van der Waals surface area contributed by atoms with Crippen LogP contribution in [0.25, 0.3) is 10.9 Å². The minimum absolute atomic E-state index is 0.232. The van der Waals surface area contributed by atoms with Crippen LogP contribution in [0.1, 0.15) is 38.5 Å². The third-order valence-corrected chi connectivity index (χ3v) is 4.54. The highest BCUT2D eigenvalue weighted by atomic mass is 16.3. The first-order chi connectivity index (χ1) is 10.4. The number of nitrogens with zero attached hydrogens (tertiary/aromatic N) is 2. The Morgan fingerprint density at radius 3 is 2.86 bits per heavy atom. The lowest BCUT2D eigenvalue weighted by Gasteiger charge is -2.31. The van der Waals surface area contributed by atoms with E-state index in [2.05, 4.69) is 15.3 Å². The number of hydrogen-bond donors (Lipinski definition) is 2. The van der Waals surface area contributed by atoms with Crippen molar-refractivity contribution in [1.29, 1.82) is 0 Å². The number of fused-ring (bicyclic) bond motifs is 1. The Balaban J connectivity index is 1.83. The first-order valence-corrected chi connectivity index (χ1v) is 7.94. The number of aliphatic hydroxyl groups is 1. The molecule has 4 heteroatoms. The molecule has 0 amide bonds. The highest BCUT2D eigenvalue weighted by molar-refractivity contribution is 5.90. The van der Waals surface area contributed by atoms with Crippen LogP contribution in [-0.2, 0) is 0 Å². The molecule has 112 valence electrons. The molecule has 3 rings (SSSR count).